The SMILES string of the molecule is CCC(C)(C)Oc1nc(N)nc(Cl)n1. The summed E-state index contributed by atoms with van der Waals surface area (Å²) in [7, 11) is 0. The number of ether oxygens (including phenoxy) is 1. The summed E-state index contributed by atoms with van der Waals surface area (Å²) in [5.74, 6) is 0.0619. The van der Waals surface area contributed by atoms with E-state index in [1.807, 2.05) is 20.8 Å². The van der Waals surface area contributed by atoms with E-state index in [0.717, 1.165) is 6.42 Å². The minimum atomic E-state index is -0.336. The maximum absolute atomic E-state index is 5.60. The van der Waals surface area contributed by atoms with Gasteiger partial charge in [0.2, 0.25) is 11.2 Å². The standard InChI is InChI=1S/C8H13ClN4O/c1-4-8(2,3)14-7-12-5(9)11-6(10)13-7/h4H2,1-3H3,(H2,10,11,12,13). The van der Waals surface area contributed by atoms with Crippen LogP contribution in [0.25, 0.3) is 0 Å². The summed E-state index contributed by atoms with van der Waals surface area (Å²) in [6.07, 6.45) is 0.830. The van der Waals surface area contributed by atoms with Gasteiger partial charge in [0.05, 0.1) is 0 Å². The van der Waals surface area contributed by atoms with Crippen LogP contribution in [0.3, 0.4) is 0 Å². The first kappa shape index (κ1) is 11.0. The third kappa shape index (κ3) is 2.99. The quantitative estimate of drug-likeness (QED) is 0.832. The topological polar surface area (TPSA) is 73.9 Å². The molecular weight excluding hydrogens is 204 g/mol. The second kappa shape index (κ2) is 3.96. The van der Waals surface area contributed by atoms with Gasteiger partial charge in [0.15, 0.2) is 0 Å². The second-order valence-corrected chi connectivity index (χ2v) is 3.80. The fourth-order valence-electron chi connectivity index (χ4n) is 0.711. The van der Waals surface area contributed by atoms with Crippen LogP contribution in [-0.2, 0) is 0 Å². The van der Waals surface area contributed by atoms with Gasteiger partial charge in [0.1, 0.15) is 5.60 Å². The summed E-state index contributed by atoms with van der Waals surface area (Å²) in [6, 6.07) is 0.161. The number of halogens is 1. The summed E-state index contributed by atoms with van der Waals surface area (Å²) in [5.41, 5.74) is 5.06. The minimum absolute atomic E-state index is 0.0411. The first-order valence-corrected chi connectivity index (χ1v) is 4.67. The summed E-state index contributed by atoms with van der Waals surface area (Å²) >= 11 is 5.60. The van der Waals surface area contributed by atoms with E-state index in [1.165, 1.54) is 0 Å². The molecule has 14 heavy (non-hydrogen) atoms. The van der Waals surface area contributed by atoms with Crippen molar-refractivity contribution >= 4 is 17.5 Å². The van der Waals surface area contributed by atoms with Crippen LogP contribution in [0.1, 0.15) is 27.2 Å². The monoisotopic (exact) mass is 216 g/mol. The Hall–Kier alpha value is -1.10. The number of anilines is 1. The van der Waals surface area contributed by atoms with Gasteiger partial charge >= 0.3 is 6.01 Å². The fourth-order valence-corrected chi connectivity index (χ4v) is 0.870. The van der Waals surface area contributed by atoms with Crippen LogP contribution >= 0.6 is 11.6 Å². The molecule has 78 valence electrons. The van der Waals surface area contributed by atoms with Crippen LogP contribution in [0.2, 0.25) is 5.28 Å². The summed E-state index contributed by atoms with van der Waals surface area (Å²) in [6.45, 7) is 5.87. The second-order valence-electron chi connectivity index (χ2n) is 3.46. The van der Waals surface area contributed by atoms with Crippen molar-refractivity contribution in [1.82, 2.24) is 15.0 Å². The molecule has 0 fully saturated rings. The molecule has 6 heteroatoms. The maximum atomic E-state index is 5.60. The average Bonchev–Trinajstić information content (AvgIpc) is 2.01. The predicted octanol–water partition coefficient (Wildman–Crippen LogP) is 1.67. The molecule has 0 aliphatic rings. The van der Waals surface area contributed by atoms with Crippen molar-refractivity contribution in [3.63, 3.8) is 0 Å². The van der Waals surface area contributed by atoms with E-state index in [-0.39, 0.29) is 22.8 Å². The van der Waals surface area contributed by atoms with Gasteiger partial charge < -0.3 is 10.5 Å². The Kier molecular flexibility index (Phi) is 3.10. The molecule has 0 spiro atoms. The smallest absolute Gasteiger partial charge is 0.323 e. The molecule has 0 amide bonds. The van der Waals surface area contributed by atoms with Gasteiger partial charge in [-0.2, -0.15) is 15.0 Å². The van der Waals surface area contributed by atoms with Crippen LogP contribution in [0.5, 0.6) is 6.01 Å². The molecule has 1 aromatic heterocycles. The van der Waals surface area contributed by atoms with Gasteiger partial charge in [-0.3, -0.25) is 0 Å². The van der Waals surface area contributed by atoms with Crippen molar-refractivity contribution in [3.8, 4) is 6.01 Å². The van der Waals surface area contributed by atoms with Crippen molar-refractivity contribution in [2.24, 2.45) is 0 Å². The lowest BCUT2D eigenvalue weighted by atomic mass is 10.1. The van der Waals surface area contributed by atoms with Crippen molar-refractivity contribution < 1.29 is 4.74 Å². The molecule has 0 aliphatic carbocycles. The Morgan fingerprint density at radius 3 is 2.50 bits per heavy atom. The van der Waals surface area contributed by atoms with E-state index in [2.05, 4.69) is 15.0 Å². The van der Waals surface area contributed by atoms with Crippen LogP contribution in [0.15, 0.2) is 0 Å². The third-order valence-electron chi connectivity index (χ3n) is 1.82. The van der Waals surface area contributed by atoms with Crippen molar-refractivity contribution in [2.75, 3.05) is 5.73 Å². The largest absolute Gasteiger partial charge is 0.457 e. The Morgan fingerprint density at radius 2 is 2.00 bits per heavy atom. The lowest BCUT2D eigenvalue weighted by molar-refractivity contribution is 0.0924. The van der Waals surface area contributed by atoms with E-state index in [0.29, 0.717) is 0 Å². The van der Waals surface area contributed by atoms with E-state index in [1.54, 1.807) is 0 Å². The fraction of sp³-hybridized carbons (Fsp3) is 0.625. The zero-order valence-corrected chi connectivity index (χ0v) is 9.17. The predicted molar refractivity (Wildman–Crippen MR) is 54.2 cm³/mol. The molecule has 0 atom stereocenters. The number of hydrogen-bond acceptors (Lipinski definition) is 5. The van der Waals surface area contributed by atoms with Crippen LogP contribution < -0.4 is 10.5 Å². The number of nitrogens with zero attached hydrogens (tertiary/aromatic N) is 3. The molecule has 0 unspecified atom stereocenters. The third-order valence-corrected chi connectivity index (χ3v) is 1.99. The van der Waals surface area contributed by atoms with Crippen LogP contribution in [0.4, 0.5) is 5.95 Å². The van der Waals surface area contributed by atoms with Crippen molar-refractivity contribution in [2.45, 2.75) is 32.8 Å². The average molecular weight is 217 g/mol. The lowest BCUT2D eigenvalue weighted by Crippen LogP contribution is -2.28. The number of nitrogen functional groups attached to an aromatic ring is 1. The number of aromatic nitrogens is 3. The first-order chi connectivity index (χ1) is 6.43. The molecule has 2 N–H and O–H groups in total. The van der Waals surface area contributed by atoms with E-state index < -0.39 is 0 Å². The maximum Gasteiger partial charge on any atom is 0.323 e. The highest BCUT2D eigenvalue weighted by Gasteiger charge is 2.19. The number of hydrogen-bond donors (Lipinski definition) is 1. The van der Waals surface area contributed by atoms with Gasteiger partial charge in [0, 0.05) is 0 Å². The van der Waals surface area contributed by atoms with Gasteiger partial charge in [-0.25, -0.2) is 0 Å². The molecule has 0 saturated carbocycles. The molecule has 1 heterocycles. The zero-order valence-electron chi connectivity index (χ0n) is 8.41. The Labute approximate surface area is 87.7 Å². The molecule has 0 saturated heterocycles. The summed E-state index contributed by atoms with van der Waals surface area (Å²) < 4.78 is 5.49. The highest BCUT2D eigenvalue weighted by Crippen LogP contribution is 2.18. The molecule has 5 nitrogen and oxygen atoms in total. The Balaban J connectivity index is 2.87. The van der Waals surface area contributed by atoms with Gasteiger partial charge in [0.25, 0.3) is 0 Å². The molecule has 0 aromatic carbocycles. The number of nitrogens with two attached hydrogens (primary N) is 1. The highest BCUT2D eigenvalue weighted by atomic mass is 35.5. The van der Waals surface area contributed by atoms with Gasteiger partial charge in [-0.15, -0.1) is 0 Å². The molecule has 0 bridgehead atoms. The normalized spacial score (nSPS) is 11.4. The molecule has 0 aliphatic heterocycles. The summed E-state index contributed by atoms with van der Waals surface area (Å²) in [4.78, 5) is 11.3. The minimum Gasteiger partial charge on any atom is -0.457 e. The molecule has 1 rings (SSSR count). The van der Waals surface area contributed by atoms with Crippen LogP contribution in [0, 0.1) is 0 Å². The van der Waals surface area contributed by atoms with Crippen LogP contribution in [-0.4, -0.2) is 20.6 Å². The Morgan fingerprint density at radius 1 is 1.36 bits per heavy atom. The first-order valence-electron chi connectivity index (χ1n) is 4.29. The van der Waals surface area contributed by atoms with Gasteiger partial charge in [-0.1, -0.05) is 6.92 Å². The molecular formula is C8H13ClN4O. The number of rotatable bonds is 3. The van der Waals surface area contributed by atoms with Crippen molar-refractivity contribution in [1.29, 1.82) is 0 Å². The van der Waals surface area contributed by atoms with E-state index >= 15 is 0 Å². The van der Waals surface area contributed by atoms with E-state index in [9.17, 15) is 0 Å². The van der Waals surface area contributed by atoms with Crippen molar-refractivity contribution in [3.05, 3.63) is 5.28 Å². The summed E-state index contributed by atoms with van der Waals surface area (Å²) in [5, 5.41) is 0.0411. The van der Waals surface area contributed by atoms with Gasteiger partial charge in [-0.05, 0) is 31.9 Å². The highest BCUT2D eigenvalue weighted by molar-refractivity contribution is 6.28. The molecule has 1 aromatic rings. The Bertz CT molecular complexity index is 309. The lowest BCUT2D eigenvalue weighted by Gasteiger charge is -2.22. The zero-order chi connectivity index (χ0) is 10.8. The molecule has 0 radical (unpaired) electrons. The van der Waals surface area contributed by atoms with E-state index in [4.69, 9.17) is 22.1 Å².